The molecule has 4 nitrogen and oxygen atoms in total. The maximum Gasteiger partial charge on any atom is 0.416 e. The lowest BCUT2D eigenvalue weighted by Gasteiger charge is -2.16. The normalized spacial score (nSPS) is 13.7. The number of aromatic nitrogens is 1. The molecule has 0 spiro atoms. The largest absolute Gasteiger partial charge is 0.488 e. The van der Waals surface area contributed by atoms with Gasteiger partial charge in [0.1, 0.15) is 18.1 Å². The molecule has 0 aliphatic heterocycles. The first-order valence-corrected chi connectivity index (χ1v) is 11.8. The lowest BCUT2D eigenvalue weighted by Crippen LogP contribution is -2.13. The van der Waals surface area contributed by atoms with Crippen molar-refractivity contribution >= 4 is 28.7 Å². The number of benzene rings is 2. The Kier molecular flexibility index (Phi) is 7.82. The summed E-state index contributed by atoms with van der Waals surface area (Å²) in [6, 6.07) is 10.0. The van der Waals surface area contributed by atoms with Gasteiger partial charge in [0.2, 0.25) is 0 Å². The van der Waals surface area contributed by atoms with Gasteiger partial charge in [-0.3, -0.25) is 0 Å². The molecule has 0 bridgehead atoms. The zero-order chi connectivity index (χ0) is 26.7. The number of nitrogens with zero attached hydrogens (tertiary/aromatic N) is 1. The van der Waals surface area contributed by atoms with Gasteiger partial charge in [-0.1, -0.05) is 23.7 Å². The van der Waals surface area contributed by atoms with Gasteiger partial charge in [-0.15, -0.1) is 0 Å². The summed E-state index contributed by atoms with van der Waals surface area (Å²) in [4.78, 5) is 16.4. The highest BCUT2D eigenvalue weighted by atomic mass is 35.5. The number of hydrogen-bond acceptors (Lipinski definition) is 4. The number of alkyl halides is 3. The van der Waals surface area contributed by atoms with Crippen LogP contribution in [0.1, 0.15) is 59.1 Å². The topological polar surface area (TPSA) is 48.4 Å². The summed E-state index contributed by atoms with van der Waals surface area (Å²) in [5.74, 6) is -2.70. The fraction of sp³-hybridized carbons (Fsp3) is 0.259. The number of ether oxygens (including phenoxy) is 2. The first kappa shape index (κ1) is 26.6. The molecule has 3 aromatic rings. The van der Waals surface area contributed by atoms with Crippen LogP contribution < -0.4 is 4.74 Å². The molecule has 194 valence electrons. The Hall–Kier alpha value is -3.46. The minimum atomic E-state index is -4.71. The molecule has 0 radical (unpaired) electrons. The molecule has 1 aliphatic carbocycles. The van der Waals surface area contributed by atoms with Crippen LogP contribution in [0.25, 0.3) is 11.1 Å². The van der Waals surface area contributed by atoms with E-state index in [-0.39, 0.29) is 24.5 Å². The highest BCUT2D eigenvalue weighted by Crippen LogP contribution is 2.44. The summed E-state index contributed by atoms with van der Waals surface area (Å²) in [5, 5.41) is 0.349. The zero-order valence-electron chi connectivity index (χ0n) is 19.6. The molecule has 10 heteroatoms. The van der Waals surface area contributed by atoms with Crippen molar-refractivity contribution in [1.29, 1.82) is 0 Å². The third-order valence-corrected chi connectivity index (χ3v) is 6.08. The van der Waals surface area contributed by atoms with E-state index in [0.29, 0.717) is 52.8 Å². The fourth-order valence-corrected chi connectivity index (χ4v) is 4.33. The molecule has 2 aromatic carbocycles. The van der Waals surface area contributed by atoms with Crippen LogP contribution in [0.15, 0.2) is 48.5 Å². The number of halogens is 6. The second kappa shape index (κ2) is 10.9. The number of rotatable bonds is 7. The third kappa shape index (κ3) is 5.93. The molecule has 37 heavy (non-hydrogen) atoms. The number of carbonyl (C=O) groups excluding carboxylic acids is 1. The predicted octanol–water partition coefficient (Wildman–Crippen LogP) is 7.88. The molecule has 1 aromatic heterocycles. The van der Waals surface area contributed by atoms with Crippen LogP contribution in [-0.4, -0.2) is 17.6 Å². The smallest absolute Gasteiger partial charge is 0.416 e. The molecule has 1 aliphatic rings. The molecule has 0 N–H and O–H groups in total. The number of pyridine rings is 1. The summed E-state index contributed by atoms with van der Waals surface area (Å²) >= 11 is 6.23. The number of hydrogen-bond donors (Lipinski definition) is 0. The monoisotopic (exact) mass is 537 g/mol. The van der Waals surface area contributed by atoms with Crippen LogP contribution in [0, 0.1) is 11.6 Å². The molecular formula is C27H21ClF5NO3. The predicted molar refractivity (Wildman–Crippen MR) is 128 cm³/mol. The minimum absolute atomic E-state index is 0.000137. The average molecular weight is 538 g/mol. The Balaban J connectivity index is 1.79. The lowest BCUT2D eigenvalue weighted by atomic mass is 9.98. The highest BCUT2D eigenvalue weighted by molar-refractivity contribution is 6.30. The van der Waals surface area contributed by atoms with Crippen molar-refractivity contribution in [2.24, 2.45) is 0 Å². The van der Waals surface area contributed by atoms with E-state index >= 15 is 0 Å². The van der Waals surface area contributed by atoms with E-state index in [2.05, 4.69) is 4.98 Å². The molecule has 0 saturated heterocycles. The van der Waals surface area contributed by atoms with Crippen LogP contribution >= 0.6 is 11.6 Å². The van der Waals surface area contributed by atoms with E-state index in [4.69, 9.17) is 21.1 Å². The van der Waals surface area contributed by atoms with Crippen LogP contribution in [0.3, 0.4) is 0 Å². The van der Waals surface area contributed by atoms with Gasteiger partial charge >= 0.3 is 12.1 Å². The van der Waals surface area contributed by atoms with Crippen molar-refractivity contribution in [3.8, 4) is 5.75 Å². The van der Waals surface area contributed by atoms with Crippen molar-refractivity contribution in [2.75, 3.05) is 6.61 Å². The van der Waals surface area contributed by atoms with E-state index in [1.54, 1.807) is 25.1 Å². The SMILES string of the molecule is CCOC(=O)c1cc(C(F)(F)F)cc(C2=C(c3cc(Cl)ccc3OCc3cccc(F)c3F)CCC2)n1. The third-order valence-electron chi connectivity index (χ3n) is 5.85. The number of carbonyl (C=O) groups is 1. The maximum atomic E-state index is 14.1. The standard InChI is InChI=1S/C27H21ClF5NO3/c1-2-36-26(35)23-12-16(27(31,32)33)11-22(34-23)19-7-4-6-18(19)20-13-17(28)9-10-24(20)37-14-15-5-3-8-21(29)25(15)30/h3,5,8-13H,2,4,6-7,14H2,1H3. The van der Waals surface area contributed by atoms with Gasteiger partial charge in [0.05, 0.1) is 17.9 Å². The van der Waals surface area contributed by atoms with Gasteiger partial charge in [-0.25, -0.2) is 18.6 Å². The maximum absolute atomic E-state index is 14.1. The summed E-state index contributed by atoms with van der Waals surface area (Å²) in [6.45, 7) is 1.24. The van der Waals surface area contributed by atoms with E-state index in [9.17, 15) is 26.7 Å². The summed E-state index contributed by atoms with van der Waals surface area (Å²) in [7, 11) is 0. The van der Waals surface area contributed by atoms with Crippen LogP contribution in [0.4, 0.5) is 22.0 Å². The van der Waals surface area contributed by atoms with Crippen molar-refractivity contribution in [3.63, 3.8) is 0 Å². The number of esters is 1. The first-order chi connectivity index (χ1) is 17.6. The van der Waals surface area contributed by atoms with Gasteiger partial charge in [-0.2, -0.15) is 13.2 Å². The zero-order valence-corrected chi connectivity index (χ0v) is 20.4. The van der Waals surface area contributed by atoms with E-state index in [1.165, 1.54) is 12.1 Å². The summed E-state index contributed by atoms with van der Waals surface area (Å²) in [5.41, 5.74) is 0.152. The highest BCUT2D eigenvalue weighted by Gasteiger charge is 2.34. The van der Waals surface area contributed by atoms with Crippen LogP contribution in [-0.2, 0) is 17.5 Å². The minimum Gasteiger partial charge on any atom is -0.488 e. The van der Waals surface area contributed by atoms with Crippen LogP contribution in [0.5, 0.6) is 5.75 Å². The number of allylic oxidation sites excluding steroid dienone is 2. The van der Waals surface area contributed by atoms with Crippen molar-refractivity contribution in [3.05, 3.63) is 93.3 Å². The first-order valence-electron chi connectivity index (χ1n) is 11.4. The Morgan fingerprint density at radius 2 is 1.81 bits per heavy atom. The Morgan fingerprint density at radius 3 is 2.54 bits per heavy atom. The van der Waals surface area contributed by atoms with Gasteiger partial charge in [-0.05, 0) is 73.7 Å². The molecular weight excluding hydrogens is 517 g/mol. The van der Waals surface area contributed by atoms with E-state index in [0.717, 1.165) is 12.1 Å². The van der Waals surface area contributed by atoms with E-state index < -0.39 is 35.0 Å². The molecule has 0 amide bonds. The van der Waals surface area contributed by atoms with Crippen LogP contribution in [0.2, 0.25) is 5.02 Å². The molecule has 1 heterocycles. The Morgan fingerprint density at radius 1 is 1.05 bits per heavy atom. The Labute approximate surface area is 214 Å². The Bertz CT molecular complexity index is 1370. The fourth-order valence-electron chi connectivity index (χ4n) is 4.16. The van der Waals surface area contributed by atoms with Crippen molar-refractivity contribution in [2.45, 2.75) is 39.0 Å². The quantitative estimate of drug-likeness (QED) is 0.227. The second-order valence-corrected chi connectivity index (χ2v) is 8.73. The molecule has 0 saturated carbocycles. The van der Waals surface area contributed by atoms with Gasteiger partial charge < -0.3 is 9.47 Å². The molecule has 0 atom stereocenters. The van der Waals surface area contributed by atoms with Gasteiger partial charge in [0, 0.05) is 16.1 Å². The molecule has 4 rings (SSSR count). The van der Waals surface area contributed by atoms with Gasteiger partial charge in [0.15, 0.2) is 11.6 Å². The second-order valence-electron chi connectivity index (χ2n) is 8.30. The lowest BCUT2D eigenvalue weighted by molar-refractivity contribution is -0.137. The molecule has 0 fully saturated rings. The van der Waals surface area contributed by atoms with Gasteiger partial charge in [0.25, 0.3) is 0 Å². The summed E-state index contributed by atoms with van der Waals surface area (Å²) in [6.07, 6.45) is -3.22. The summed E-state index contributed by atoms with van der Waals surface area (Å²) < 4.78 is 79.4. The average Bonchev–Trinajstić information content (AvgIpc) is 3.35. The molecule has 0 unspecified atom stereocenters. The van der Waals surface area contributed by atoms with Crippen molar-refractivity contribution < 1.29 is 36.2 Å². The van der Waals surface area contributed by atoms with Crippen molar-refractivity contribution in [1.82, 2.24) is 4.98 Å². The van der Waals surface area contributed by atoms with E-state index in [1.807, 2.05) is 0 Å².